The molecular formula is C12H11ClN4O. The van der Waals surface area contributed by atoms with Crippen molar-refractivity contribution >= 4 is 22.6 Å². The highest BCUT2D eigenvalue weighted by Crippen LogP contribution is 2.24. The monoisotopic (exact) mass is 262 g/mol. The van der Waals surface area contributed by atoms with E-state index in [0.717, 1.165) is 22.3 Å². The third-order valence-corrected chi connectivity index (χ3v) is 3.04. The summed E-state index contributed by atoms with van der Waals surface area (Å²) in [5.74, 6) is 0. The van der Waals surface area contributed by atoms with E-state index in [1.54, 1.807) is 16.9 Å². The molecule has 92 valence electrons. The molecule has 0 atom stereocenters. The summed E-state index contributed by atoms with van der Waals surface area (Å²) in [4.78, 5) is 4.31. The van der Waals surface area contributed by atoms with Crippen LogP contribution in [0.25, 0.3) is 16.7 Å². The fraction of sp³-hybridized carbons (Fsp3) is 0.167. The molecule has 0 aliphatic rings. The lowest BCUT2D eigenvalue weighted by molar-refractivity contribution is 0.283. The molecule has 3 heterocycles. The van der Waals surface area contributed by atoms with Crippen molar-refractivity contribution in [2.45, 2.75) is 6.61 Å². The highest BCUT2D eigenvalue weighted by molar-refractivity contribution is 6.29. The molecule has 3 aromatic heterocycles. The van der Waals surface area contributed by atoms with Crippen LogP contribution in [0, 0.1) is 0 Å². The number of pyridine rings is 1. The summed E-state index contributed by atoms with van der Waals surface area (Å²) in [6, 6.07) is 3.59. The molecule has 0 spiro atoms. The van der Waals surface area contributed by atoms with Gasteiger partial charge in [0.15, 0.2) is 0 Å². The number of fused-ring (bicyclic) bond motifs is 1. The molecule has 18 heavy (non-hydrogen) atoms. The molecule has 3 rings (SSSR count). The second kappa shape index (κ2) is 4.12. The Bertz CT molecular complexity index is 716. The van der Waals surface area contributed by atoms with Crippen LogP contribution in [0.2, 0.25) is 5.15 Å². The first kappa shape index (κ1) is 11.3. The number of nitrogens with zero attached hydrogens (tertiary/aromatic N) is 4. The van der Waals surface area contributed by atoms with Gasteiger partial charge in [-0.25, -0.2) is 4.98 Å². The van der Waals surface area contributed by atoms with Crippen LogP contribution >= 0.6 is 11.6 Å². The zero-order valence-electron chi connectivity index (χ0n) is 9.71. The highest BCUT2D eigenvalue weighted by atomic mass is 35.5. The van der Waals surface area contributed by atoms with Crippen LogP contribution in [-0.4, -0.2) is 24.4 Å². The molecule has 5 nitrogen and oxygen atoms in total. The maximum Gasteiger partial charge on any atom is 0.146 e. The van der Waals surface area contributed by atoms with Gasteiger partial charge < -0.3 is 5.11 Å². The number of aromatic nitrogens is 4. The SMILES string of the molecule is Cn1cc(-n2ccc3c(CO)cc(Cl)nc32)cn1. The Morgan fingerprint density at radius 3 is 2.94 bits per heavy atom. The molecule has 6 heteroatoms. The van der Waals surface area contributed by atoms with Gasteiger partial charge in [-0.2, -0.15) is 5.10 Å². The van der Waals surface area contributed by atoms with Gasteiger partial charge in [0.1, 0.15) is 10.8 Å². The van der Waals surface area contributed by atoms with Crippen LogP contribution < -0.4 is 0 Å². The lowest BCUT2D eigenvalue weighted by Gasteiger charge is -2.03. The van der Waals surface area contributed by atoms with Crippen LogP contribution in [0.15, 0.2) is 30.7 Å². The Morgan fingerprint density at radius 1 is 1.44 bits per heavy atom. The van der Waals surface area contributed by atoms with Crippen LogP contribution in [0.1, 0.15) is 5.56 Å². The number of aliphatic hydroxyl groups is 1. The molecule has 3 aromatic rings. The van der Waals surface area contributed by atoms with Crippen LogP contribution in [-0.2, 0) is 13.7 Å². The second-order valence-corrected chi connectivity index (χ2v) is 4.44. The lowest BCUT2D eigenvalue weighted by atomic mass is 10.2. The van der Waals surface area contributed by atoms with Crippen molar-refractivity contribution in [3.8, 4) is 5.69 Å². The molecule has 0 saturated carbocycles. The van der Waals surface area contributed by atoms with E-state index in [0.29, 0.717) is 5.15 Å². The Balaban J connectivity index is 2.28. The molecule has 0 unspecified atom stereocenters. The van der Waals surface area contributed by atoms with Gasteiger partial charge in [-0.15, -0.1) is 0 Å². The first-order chi connectivity index (χ1) is 8.69. The van der Waals surface area contributed by atoms with Crippen molar-refractivity contribution < 1.29 is 5.11 Å². The normalized spacial score (nSPS) is 11.3. The van der Waals surface area contributed by atoms with Gasteiger partial charge in [0.05, 0.1) is 18.5 Å². The third kappa shape index (κ3) is 1.68. The van der Waals surface area contributed by atoms with Gasteiger partial charge in [-0.05, 0) is 17.7 Å². The maximum absolute atomic E-state index is 9.33. The largest absolute Gasteiger partial charge is 0.392 e. The van der Waals surface area contributed by atoms with Crippen molar-refractivity contribution in [2.75, 3.05) is 0 Å². The minimum Gasteiger partial charge on any atom is -0.392 e. The zero-order chi connectivity index (χ0) is 12.7. The molecule has 0 fully saturated rings. The van der Waals surface area contributed by atoms with E-state index >= 15 is 0 Å². The fourth-order valence-corrected chi connectivity index (χ4v) is 2.23. The van der Waals surface area contributed by atoms with Gasteiger partial charge in [0.25, 0.3) is 0 Å². The Kier molecular flexibility index (Phi) is 2.57. The van der Waals surface area contributed by atoms with Crippen molar-refractivity contribution in [1.82, 2.24) is 19.3 Å². The third-order valence-electron chi connectivity index (χ3n) is 2.85. The minimum absolute atomic E-state index is 0.0597. The Labute approximate surface area is 108 Å². The molecule has 0 radical (unpaired) electrons. The Hall–Kier alpha value is -1.85. The molecule has 0 aliphatic carbocycles. The Morgan fingerprint density at radius 2 is 2.28 bits per heavy atom. The smallest absolute Gasteiger partial charge is 0.146 e. The summed E-state index contributed by atoms with van der Waals surface area (Å²) in [5, 5.41) is 14.7. The fourth-order valence-electron chi connectivity index (χ4n) is 2.02. The maximum atomic E-state index is 9.33. The summed E-state index contributed by atoms with van der Waals surface area (Å²) in [5.41, 5.74) is 2.40. The lowest BCUT2D eigenvalue weighted by Crippen LogP contribution is -1.95. The molecule has 1 N–H and O–H groups in total. The van der Waals surface area contributed by atoms with E-state index in [1.807, 2.05) is 30.1 Å². The van der Waals surface area contributed by atoms with E-state index < -0.39 is 0 Å². The average molecular weight is 263 g/mol. The first-order valence-electron chi connectivity index (χ1n) is 5.45. The van der Waals surface area contributed by atoms with E-state index in [-0.39, 0.29) is 6.61 Å². The summed E-state index contributed by atoms with van der Waals surface area (Å²) in [6.07, 6.45) is 5.53. The average Bonchev–Trinajstić information content (AvgIpc) is 2.93. The number of halogens is 1. The van der Waals surface area contributed by atoms with Crippen molar-refractivity contribution in [3.63, 3.8) is 0 Å². The van der Waals surface area contributed by atoms with E-state index in [9.17, 15) is 5.11 Å². The van der Waals surface area contributed by atoms with Gasteiger partial charge in [-0.3, -0.25) is 9.25 Å². The number of rotatable bonds is 2. The summed E-state index contributed by atoms with van der Waals surface area (Å²) >= 11 is 5.97. The zero-order valence-corrected chi connectivity index (χ0v) is 10.5. The van der Waals surface area contributed by atoms with Crippen molar-refractivity contribution in [3.05, 3.63) is 41.4 Å². The summed E-state index contributed by atoms with van der Waals surface area (Å²) in [7, 11) is 1.86. The molecule has 0 bridgehead atoms. The number of aryl methyl sites for hydroxylation is 1. The van der Waals surface area contributed by atoms with Gasteiger partial charge in [-0.1, -0.05) is 11.6 Å². The molecule has 0 aliphatic heterocycles. The standard InChI is InChI=1S/C12H11ClN4O/c1-16-6-9(5-14-16)17-3-2-10-8(7-18)4-11(13)15-12(10)17/h2-6,18H,7H2,1H3. The molecular weight excluding hydrogens is 252 g/mol. The van der Waals surface area contributed by atoms with Crippen LogP contribution in [0.3, 0.4) is 0 Å². The highest BCUT2D eigenvalue weighted by Gasteiger charge is 2.10. The van der Waals surface area contributed by atoms with Crippen LogP contribution in [0.5, 0.6) is 0 Å². The van der Waals surface area contributed by atoms with Gasteiger partial charge in [0.2, 0.25) is 0 Å². The van der Waals surface area contributed by atoms with Crippen LogP contribution in [0.4, 0.5) is 0 Å². The van der Waals surface area contributed by atoms with E-state index in [1.165, 1.54) is 0 Å². The topological polar surface area (TPSA) is 55.9 Å². The summed E-state index contributed by atoms with van der Waals surface area (Å²) in [6.45, 7) is -0.0597. The van der Waals surface area contributed by atoms with Gasteiger partial charge >= 0.3 is 0 Å². The molecule has 0 amide bonds. The molecule has 0 aromatic carbocycles. The number of hydrogen-bond acceptors (Lipinski definition) is 3. The van der Waals surface area contributed by atoms with E-state index in [2.05, 4.69) is 10.1 Å². The number of hydrogen-bond donors (Lipinski definition) is 1. The predicted molar refractivity (Wildman–Crippen MR) is 68.8 cm³/mol. The second-order valence-electron chi connectivity index (χ2n) is 4.06. The number of aliphatic hydroxyl groups excluding tert-OH is 1. The predicted octanol–water partition coefficient (Wildman–Crippen LogP) is 1.90. The van der Waals surface area contributed by atoms with Crippen molar-refractivity contribution in [1.29, 1.82) is 0 Å². The summed E-state index contributed by atoms with van der Waals surface area (Å²) < 4.78 is 3.62. The minimum atomic E-state index is -0.0597. The van der Waals surface area contributed by atoms with Crippen molar-refractivity contribution in [2.24, 2.45) is 7.05 Å². The van der Waals surface area contributed by atoms with Gasteiger partial charge in [0, 0.05) is 24.8 Å². The first-order valence-corrected chi connectivity index (χ1v) is 5.83. The van der Waals surface area contributed by atoms with E-state index in [4.69, 9.17) is 11.6 Å². The quantitative estimate of drug-likeness (QED) is 0.718. The molecule has 0 saturated heterocycles.